The number of carbonyl (C=O) groups excluding carboxylic acids is 1. The number of carbonyl (C=O) groups is 2. The van der Waals surface area contributed by atoms with Crippen molar-refractivity contribution >= 4 is 23.6 Å². The third kappa shape index (κ3) is 3.01. The number of amides is 1. The standard InChI is InChI=1S/C11H14N2O5S/c1-6-3-9(12-18-6)17-4-10(14)13-7(2)19-5-8(13)11(15)16/h3,7-8H,4-5H2,1-2H3,(H,15,16). The maximum Gasteiger partial charge on any atom is 0.327 e. The molecule has 19 heavy (non-hydrogen) atoms. The molecule has 1 aliphatic rings. The van der Waals surface area contributed by atoms with Gasteiger partial charge in [0, 0.05) is 11.8 Å². The second-order valence-electron chi connectivity index (χ2n) is 4.15. The molecule has 1 saturated heterocycles. The van der Waals surface area contributed by atoms with E-state index in [2.05, 4.69) is 5.16 Å². The van der Waals surface area contributed by atoms with Gasteiger partial charge < -0.3 is 19.3 Å². The van der Waals surface area contributed by atoms with E-state index in [1.165, 1.54) is 16.7 Å². The zero-order valence-corrected chi connectivity index (χ0v) is 11.3. The second-order valence-corrected chi connectivity index (χ2v) is 5.50. The molecule has 1 amide bonds. The van der Waals surface area contributed by atoms with Crippen molar-refractivity contribution in [3.05, 3.63) is 11.8 Å². The van der Waals surface area contributed by atoms with Crippen molar-refractivity contribution in [3.8, 4) is 5.88 Å². The van der Waals surface area contributed by atoms with Gasteiger partial charge in [-0.1, -0.05) is 0 Å². The number of thioether (sulfide) groups is 1. The van der Waals surface area contributed by atoms with E-state index in [1.807, 2.05) is 0 Å². The highest BCUT2D eigenvalue weighted by Crippen LogP contribution is 2.28. The molecule has 0 spiro atoms. The van der Waals surface area contributed by atoms with Crippen molar-refractivity contribution in [1.82, 2.24) is 10.1 Å². The van der Waals surface area contributed by atoms with Crippen LogP contribution in [0.3, 0.4) is 0 Å². The molecule has 2 unspecified atom stereocenters. The van der Waals surface area contributed by atoms with Crippen LogP contribution in [0.4, 0.5) is 0 Å². The Kier molecular flexibility index (Phi) is 3.98. The molecule has 0 aliphatic carbocycles. The van der Waals surface area contributed by atoms with Crippen molar-refractivity contribution < 1.29 is 24.0 Å². The number of hydrogen-bond acceptors (Lipinski definition) is 6. The summed E-state index contributed by atoms with van der Waals surface area (Å²) < 4.78 is 9.98. The summed E-state index contributed by atoms with van der Waals surface area (Å²) in [5.41, 5.74) is 0. The molecule has 7 nitrogen and oxygen atoms in total. The Balaban J connectivity index is 1.96. The number of rotatable bonds is 4. The maximum absolute atomic E-state index is 12.0. The molecule has 2 rings (SSSR count). The van der Waals surface area contributed by atoms with Gasteiger partial charge in [0.15, 0.2) is 6.61 Å². The summed E-state index contributed by atoms with van der Waals surface area (Å²) in [6.45, 7) is 3.26. The van der Waals surface area contributed by atoms with E-state index in [1.54, 1.807) is 19.9 Å². The predicted octanol–water partition coefficient (Wildman–Crippen LogP) is 0.736. The third-order valence-electron chi connectivity index (χ3n) is 2.75. The maximum atomic E-state index is 12.0. The molecule has 8 heteroatoms. The average Bonchev–Trinajstić information content (AvgIpc) is 2.92. The number of aliphatic carboxylic acids is 1. The monoisotopic (exact) mass is 286 g/mol. The van der Waals surface area contributed by atoms with Gasteiger partial charge in [0.1, 0.15) is 11.8 Å². The molecule has 2 heterocycles. The number of carboxylic acid groups (broad SMARTS) is 1. The minimum absolute atomic E-state index is 0.170. The van der Waals surface area contributed by atoms with Crippen molar-refractivity contribution in [2.45, 2.75) is 25.3 Å². The highest BCUT2D eigenvalue weighted by Gasteiger charge is 2.39. The number of carboxylic acids is 1. The first kappa shape index (κ1) is 13.7. The summed E-state index contributed by atoms with van der Waals surface area (Å²) in [7, 11) is 0. The van der Waals surface area contributed by atoms with Gasteiger partial charge >= 0.3 is 5.97 Å². The highest BCUT2D eigenvalue weighted by atomic mass is 32.2. The summed E-state index contributed by atoms with van der Waals surface area (Å²) in [4.78, 5) is 24.4. The molecular formula is C11H14N2O5S. The van der Waals surface area contributed by atoms with Gasteiger partial charge in [-0.2, -0.15) is 0 Å². The topological polar surface area (TPSA) is 92.9 Å². The Morgan fingerprint density at radius 1 is 1.68 bits per heavy atom. The van der Waals surface area contributed by atoms with E-state index in [9.17, 15) is 9.59 Å². The van der Waals surface area contributed by atoms with Crippen LogP contribution in [-0.4, -0.2) is 50.8 Å². The van der Waals surface area contributed by atoms with Crippen LogP contribution in [0.2, 0.25) is 0 Å². The first-order valence-electron chi connectivity index (χ1n) is 5.70. The molecule has 0 bridgehead atoms. The van der Waals surface area contributed by atoms with Crippen LogP contribution in [0.5, 0.6) is 5.88 Å². The molecule has 0 aromatic carbocycles. The number of nitrogens with zero attached hydrogens (tertiary/aromatic N) is 2. The minimum Gasteiger partial charge on any atom is -0.480 e. The van der Waals surface area contributed by atoms with Gasteiger partial charge in [0.25, 0.3) is 11.8 Å². The van der Waals surface area contributed by atoms with Crippen LogP contribution in [0, 0.1) is 6.92 Å². The van der Waals surface area contributed by atoms with Gasteiger partial charge in [-0.05, 0) is 19.0 Å². The van der Waals surface area contributed by atoms with Gasteiger partial charge in [0.05, 0.1) is 5.37 Å². The van der Waals surface area contributed by atoms with Crippen LogP contribution < -0.4 is 4.74 Å². The third-order valence-corrected chi connectivity index (χ3v) is 3.96. The van der Waals surface area contributed by atoms with E-state index >= 15 is 0 Å². The first-order chi connectivity index (χ1) is 8.99. The van der Waals surface area contributed by atoms with Crippen LogP contribution in [-0.2, 0) is 9.59 Å². The molecule has 2 atom stereocenters. The van der Waals surface area contributed by atoms with Crippen LogP contribution in [0.25, 0.3) is 0 Å². The van der Waals surface area contributed by atoms with Crippen LogP contribution >= 0.6 is 11.8 Å². The van der Waals surface area contributed by atoms with Gasteiger partial charge in [0.2, 0.25) is 0 Å². The summed E-state index contributed by atoms with van der Waals surface area (Å²) in [5, 5.41) is 12.5. The molecule has 1 fully saturated rings. The first-order valence-corrected chi connectivity index (χ1v) is 6.75. The number of ether oxygens (including phenoxy) is 1. The van der Waals surface area contributed by atoms with Gasteiger partial charge in [-0.3, -0.25) is 4.79 Å². The highest BCUT2D eigenvalue weighted by molar-refractivity contribution is 8.00. The summed E-state index contributed by atoms with van der Waals surface area (Å²) >= 11 is 1.43. The van der Waals surface area contributed by atoms with Crippen molar-refractivity contribution in [2.75, 3.05) is 12.4 Å². The van der Waals surface area contributed by atoms with Crippen LogP contribution in [0.15, 0.2) is 10.6 Å². The van der Waals surface area contributed by atoms with Crippen molar-refractivity contribution in [2.24, 2.45) is 0 Å². The zero-order valence-electron chi connectivity index (χ0n) is 10.5. The normalized spacial score (nSPS) is 22.5. The number of aryl methyl sites for hydroxylation is 1. The lowest BCUT2D eigenvalue weighted by Gasteiger charge is -2.24. The fourth-order valence-electron chi connectivity index (χ4n) is 1.83. The lowest BCUT2D eigenvalue weighted by atomic mass is 10.3. The largest absolute Gasteiger partial charge is 0.480 e. The van der Waals surface area contributed by atoms with Gasteiger partial charge in [-0.25, -0.2) is 4.79 Å². The summed E-state index contributed by atoms with van der Waals surface area (Å²) in [6, 6.07) is 0.763. The molecule has 1 aliphatic heterocycles. The average molecular weight is 286 g/mol. The fourth-order valence-corrected chi connectivity index (χ4v) is 3.02. The minimum atomic E-state index is -0.998. The smallest absolute Gasteiger partial charge is 0.327 e. The second kappa shape index (κ2) is 5.52. The molecule has 0 saturated carbocycles. The van der Waals surface area contributed by atoms with Crippen molar-refractivity contribution in [3.63, 3.8) is 0 Å². The van der Waals surface area contributed by atoms with Gasteiger partial charge in [-0.15, -0.1) is 11.8 Å². The van der Waals surface area contributed by atoms with E-state index in [0.717, 1.165) is 0 Å². The van der Waals surface area contributed by atoms with E-state index in [-0.39, 0.29) is 23.8 Å². The Hall–Kier alpha value is -1.70. The molecule has 0 radical (unpaired) electrons. The Morgan fingerprint density at radius 3 is 3.00 bits per heavy atom. The molecule has 1 aromatic heterocycles. The Bertz CT molecular complexity index is 489. The van der Waals surface area contributed by atoms with E-state index in [4.69, 9.17) is 14.4 Å². The zero-order chi connectivity index (χ0) is 14.0. The Labute approximate surface area is 113 Å². The van der Waals surface area contributed by atoms with Crippen LogP contribution in [0.1, 0.15) is 12.7 Å². The number of aromatic nitrogens is 1. The summed E-state index contributed by atoms with van der Waals surface area (Å²) in [5.74, 6) is -0.174. The molecular weight excluding hydrogens is 272 g/mol. The molecule has 1 aromatic rings. The summed E-state index contributed by atoms with van der Waals surface area (Å²) in [6.07, 6.45) is 0. The number of hydrogen-bond donors (Lipinski definition) is 1. The molecule has 104 valence electrons. The molecule has 1 N–H and O–H groups in total. The lowest BCUT2D eigenvalue weighted by molar-refractivity contribution is -0.149. The Morgan fingerprint density at radius 2 is 2.42 bits per heavy atom. The van der Waals surface area contributed by atoms with E-state index in [0.29, 0.717) is 11.5 Å². The van der Waals surface area contributed by atoms with E-state index < -0.39 is 12.0 Å². The van der Waals surface area contributed by atoms with Crippen molar-refractivity contribution in [1.29, 1.82) is 0 Å². The fraction of sp³-hybridized carbons (Fsp3) is 0.545. The predicted molar refractivity (Wildman–Crippen MR) is 66.9 cm³/mol. The quantitative estimate of drug-likeness (QED) is 0.872. The SMILES string of the molecule is Cc1cc(OCC(=O)N2C(C)SCC2C(=O)O)no1. The lowest BCUT2D eigenvalue weighted by Crippen LogP contribution is -2.46.